The monoisotopic (exact) mass is 448 g/mol. The molecule has 1 unspecified atom stereocenters. The van der Waals surface area contributed by atoms with Gasteiger partial charge in [-0.25, -0.2) is 13.1 Å². The number of fused-ring (bicyclic) bond motifs is 1. The Morgan fingerprint density at radius 2 is 1.74 bits per heavy atom. The Labute approximate surface area is 186 Å². The van der Waals surface area contributed by atoms with Crippen molar-refractivity contribution in [2.75, 3.05) is 44.0 Å². The molecule has 0 amide bonds. The number of sulfonamides is 1. The Kier molecular flexibility index (Phi) is 5.55. The summed E-state index contributed by atoms with van der Waals surface area (Å²) in [6.07, 6.45) is 3.20. The summed E-state index contributed by atoms with van der Waals surface area (Å²) >= 11 is 0. The van der Waals surface area contributed by atoms with Crippen LogP contribution in [0, 0.1) is 22.7 Å². The number of benzene rings is 1. The molecule has 1 atom stereocenters. The van der Waals surface area contributed by atoms with Gasteiger partial charge in [0.25, 0.3) is 0 Å². The lowest BCUT2D eigenvalue weighted by Gasteiger charge is -2.32. The smallest absolute Gasteiger partial charge is 0.208 e. The Hall–Kier alpha value is -1.44. The third kappa shape index (κ3) is 3.83. The molecule has 2 fully saturated rings. The van der Waals surface area contributed by atoms with Crippen LogP contribution in [0.25, 0.3) is 0 Å². The van der Waals surface area contributed by atoms with Gasteiger partial charge in [0.15, 0.2) is 5.78 Å². The van der Waals surface area contributed by atoms with E-state index in [2.05, 4.69) is 43.4 Å². The highest BCUT2D eigenvalue weighted by atomic mass is 32.2. The first-order valence-corrected chi connectivity index (χ1v) is 13.2. The number of ketones is 1. The van der Waals surface area contributed by atoms with Crippen molar-refractivity contribution in [3.63, 3.8) is 0 Å². The quantitative estimate of drug-likeness (QED) is 0.694. The fourth-order valence-corrected chi connectivity index (χ4v) is 6.39. The van der Waals surface area contributed by atoms with Gasteiger partial charge in [-0.2, -0.15) is 0 Å². The van der Waals surface area contributed by atoms with E-state index in [0.717, 1.165) is 50.1 Å². The lowest BCUT2D eigenvalue weighted by molar-refractivity contribution is -0.126. The Morgan fingerprint density at radius 1 is 1.13 bits per heavy atom. The number of para-hydroxylation sites is 1. The van der Waals surface area contributed by atoms with Crippen LogP contribution in [0.5, 0.6) is 0 Å². The molecular formula is C24H36N2O4S. The topological polar surface area (TPSA) is 75.7 Å². The van der Waals surface area contributed by atoms with E-state index in [1.165, 1.54) is 0 Å². The maximum Gasteiger partial charge on any atom is 0.208 e. The van der Waals surface area contributed by atoms with E-state index in [-0.39, 0.29) is 29.1 Å². The molecule has 7 heteroatoms. The number of hydrogen-bond donors (Lipinski definition) is 1. The van der Waals surface area contributed by atoms with Gasteiger partial charge < -0.3 is 9.64 Å². The van der Waals surface area contributed by atoms with Gasteiger partial charge >= 0.3 is 0 Å². The van der Waals surface area contributed by atoms with Crippen molar-refractivity contribution < 1.29 is 17.9 Å². The summed E-state index contributed by atoms with van der Waals surface area (Å²) in [5.41, 5.74) is 0.937. The van der Waals surface area contributed by atoms with Gasteiger partial charge in [-0.15, -0.1) is 0 Å². The number of ether oxygens (including phenoxy) is 1. The van der Waals surface area contributed by atoms with E-state index < -0.39 is 15.4 Å². The van der Waals surface area contributed by atoms with E-state index in [9.17, 15) is 13.2 Å². The summed E-state index contributed by atoms with van der Waals surface area (Å²) in [6, 6.07) is 8.06. The van der Waals surface area contributed by atoms with Crippen LogP contribution in [-0.4, -0.2) is 53.3 Å². The van der Waals surface area contributed by atoms with Gasteiger partial charge in [-0.05, 0) is 41.2 Å². The highest BCUT2D eigenvalue weighted by Crippen LogP contribution is 2.70. The second-order valence-electron chi connectivity index (χ2n) is 10.9. The molecule has 172 valence electrons. The van der Waals surface area contributed by atoms with Gasteiger partial charge in [0.1, 0.15) is 0 Å². The van der Waals surface area contributed by atoms with Gasteiger partial charge in [0.2, 0.25) is 10.0 Å². The molecule has 2 aliphatic heterocycles. The van der Waals surface area contributed by atoms with Crippen molar-refractivity contribution in [2.45, 2.75) is 46.0 Å². The molecule has 0 aromatic heterocycles. The fraction of sp³-hybridized carbons (Fsp3) is 0.708. The van der Waals surface area contributed by atoms with Crippen molar-refractivity contribution >= 4 is 21.5 Å². The molecular weight excluding hydrogens is 412 g/mol. The van der Waals surface area contributed by atoms with Crippen LogP contribution in [0.3, 0.4) is 0 Å². The molecule has 3 aliphatic rings. The molecule has 0 radical (unpaired) electrons. The van der Waals surface area contributed by atoms with Crippen molar-refractivity contribution in [2.24, 2.45) is 22.7 Å². The third-order valence-electron chi connectivity index (χ3n) is 8.43. The Morgan fingerprint density at radius 3 is 2.32 bits per heavy atom. The van der Waals surface area contributed by atoms with Crippen LogP contribution in [0.1, 0.15) is 46.1 Å². The third-order valence-corrected chi connectivity index (χ3v) is 9.10. The van der Waals surface area contributed by atoms with Crippen LogP contribution in [-0.2, 0) is 25.0 Å². The predicted molar refractivity (Wildman–Crippen MR) is 123 cm³/mol. The van der Waals surface area contributed by atoms with Crippen molar-refractivity contribution in [3.05, 3.63) is 29.8 Å². The van der Waals surface area contributed by atoms with Crippen LogP contribution in [0.2, 0.25) is 0 Å². The second-order valence-corrected chi connectivity index (χ2v) is 12.7. The molecule has 1 aromatic carbocycles. The number of Topliss-reactive ketones (excluding diaryl/α,β-unsaturated/α-hetero) is 1. The number of nitrogens with one attached hydrogen (secondary N) is 1. The summed E-state index contributed by atoms with van der Waals surface area (Å²) < 4.78 is 32.3. The van der Waals surface area contributed by atoms with Crippen LogP contribution < -0.4 is 9.62 Å². The lowest BCUT2D eigenvalue weighted by Crippen LogP contribution is -2.51. The summed E-state index contributed by atoms with van der Waals surface area (Å²) in [7, 11) is -3.43. The normalized spacial score (nSPS) is 27.8. The van der Waals surface area contributed by atoms with Crippen molar-refractivity contribution in [3.8, 4) is 0 Å². The number of rotatable bonds is 7. The largest absolute Gasteiger partial charge is 0.381 e. The standard InChI is InChI=1S/C24H36N2O4S/c1-22(2)20(23(22,3)4)21(27)24(15-25-31(5,28)29)16-26(14-17-10-12-30-13-11-17)19-9-7-6-8-18(19)24/h6-9,17,20,25H,10-16H2,1-5H3. The highest BCUT2D eigenvalue weighted by molar-refractivity contribution is 7.88. The molecule has 2 heterocycles. The first-order chi connectivity index (χ1) is 14.4. The number of carbonyl (C=O) groups is 1. The summed E-state index contributed by atoms with van der Waals surface area (Å²) in [5, 5.41) is 0. The second kappa shape index (κ2) is 7.56. The van der Waals surface area contributed by atoms with Gasteiger partial charge in [0.05, 0.1) is 11.7 Å². The minimum absolute atomic E-state index is 0.0996. The lowest BCUT2D eigenvalue weighted by atomic mass is 9.75. The molecule has 0 bridgehead atoms. The van der Waals surface area contributed by atoms with E-state index in [0.29, 0.717) is 12.5 Å². The summed E-state index contributed by atoms with van der Waals surface area (Å²) in [4.78, 5) is 16.5. The van der Waals surface area contributed by atoms with Crippen LogP contribution >= 0.6 is 0 Å². The zero-order valence-electron chi connectivity index (χ0n) is 19.4. The van der Waals surface area contributed by atoms with Gasteiger partial charge in [-0.3, -0.25) is 4.79 Å². The minimum Gasteiger partial charge on any atom is -0.381 e. The first-order valence-electron chi connectivity index (χ1n) is 11.3. The van der Waals surface area contributed by atoms with Gasteiger partial charge in [0, 0.05) is 44.5 Å². The molecule has 4 rings (SSSR count). The molecule has 1 aromatic rings. The molecule has 1 saturated heterocycles. The molecule has 1 aliphatic carbocycles. The van der Waals surface area contributed by atoms with E-state index in [4.69, 9.17) is 4.74 Å². The summed E-state index contributed by atoms with van der Waals surface area (Å²) in [6.45, 7) is 11.6. The molecule has 6 nitrogen and oxygen atoms in total. The average Bonchev–Trinajstić information content (AvgIpc) is 2.95. The SMILES string of the molecule is CC1(C)C(C(=O)C2(CNS(C)(=O)=O)CN(CC3CCOCC3)c3ccccc32)C1(C)C. The Balaban J connectivity index is 1.72. The summed E-state index contributed by atoms with van der Waals surface area (Å²) in [5.74, 6) is 0.586. The number of carbonyl (C=O) groups excluding carboxylic acids is 1. The zero-order chi connectivity index (χ0) is 22.7. The molecule has 1 saturated carbocycles. The molecule has 0 spiro atoms. The highest BCUT2D eigenvalue weighted by Gasteiger charge is 2.71. The zero-order valence-corrected chi connectivity index (χ0v) is 20.2. The Bertz CT molecular complexity index is 952. The van der Waals surface area contributed by atoms with Gasteiger partial charge in [-0.1, -0.05) is 45.9 Å². The average molecular weight is 449 g/mol. The predicted octanol–water partition coefficient (Wildman–Crippen LogP) is 2.97. The van der Waals surface area contributed by atoms with Crippen molar-refractivity contribution in [1.82, 2.24) is 4.72 Å². The van der Waals surface area contributed by atoms with E-state index in [1.807, 2.05) is 18.2 Å². The number of anilines is 1. The number of hydrogen-bond acceptors (Lipinski definition) is 5. The maximum atomic E-state index is 14.2. The molecule has 1 N–H and O–H groups in total. The fourth-order valence-electron chi connectivity index (χ4n) is 5.89. The van der Waals surface area contributed by atoms with E-state index in [1.54, 1.807) is 0 Å². The number of nitrogens with zero attached hydrogens (tertiary/aromatic N) is 1. The van der Waals surface area contributed by atoms with Crippen LogP contribution in [0.4, 0.5) is 5.69 Å². The maximum absolute atomic E-state index is 14.2. The first kappa shape index (κ1) is 22.7. The van der Waals surface area contributed by atoms with Crippen LogP contribution in [0.15, 0.2) is 24.3 Å². The minimum atomic E-state index is -3.43. The van der Waals surface area contributed by atoms with E-state index >= 15 is 0 Å². The van der Waals surface area contributed by atoms with Crippen molar-refractivity contribution in [1.29, 1.82) is 0 Å². The molecule has 31 heavy (non-hydrogen) atoms.